The fourth-order valence-corrected chi connectivity index (χ4v) is 3.93. The number of ether oxygens (including phenoxy) is 1. The van der Waals surface area contributed by atoms with E-state index in [0.717, 1.165) is 17.6 Å². The van der Waals surface area contributed by atoms with Crippen molar-refractivity contribution in [2.24, 2.45) is 0 Å². The van der Waals surface area contributed by atoms with Crippen LogP contribution in [0.3, 0.4) is 0 Å². The number of carbonyl (C=O) groups excluding carboxylic acids is 1. The largest absolute Gasteiger partial charge is 0.497 e. The van der Waals surface area contributed by atoms with Crippen molar-refractivity contribution in [2.45, 2.75) is 25.8 Å². The molecule has 0 saturated heterocycles. The number of halogens is 1. The summed E-state index contributed by atoms with van der Waals surface area (Å²) in [5.41, 5.74) is 1.45. The van der Waals surface area contributed by atoms with Crippen LogP contribution in [-0.2, 0) is 14.8 Å². The third-order valence-electron chi connectivity index (χ3n) is 4.25. The lowest BCUT2D eigenvalue weighted by Gasteiger charge is -2.22. The molecule has 0 spiro atoms. The van der Waals surface area contributed by atoms with Gasteiger partial charge in [0, 0.05) is 18.0 Å². The zero-order chi connectivity index (χ0) is 20.7. The highest BCUT2D eigenvalue weighted by Crippen LogP contribution is 2.22. The van der Waals surface area contributed by atoms with Gasteiger partial charge in [0.05, 0.1) is 25.1 Å². The molecular weight excluding hydrogens is 400 g/mol. The molecule has 0 heterocycles. The Bertz CT molecular complexity index is 901. The van der Waals surface area contributed by atoms with E-state index in [0.29, 0.717) is 17.1 Å². The molecule has 0 bridgehead atoms. The molecule has 0 aromatic heterocycles. The number of hydrogen-bond acceptors (Lipinski definition) is 4. The number of benzene rings is 2. The van der Waals surface area contributed by atoms with Gasteiger partial charge in [0.25, 0.3) is 0 Å². The van der Waals surface area contributed by atoms with Crippen molar-refractivity contribution >= 4 is 33.2 Å². The zero-order valence-electron chi connectivity index (χ0n) is 16.2. The summed E-state index contributed by atoms with van der Waals surface area (Å²) < 4.78 is 30.6. The third-order valence-corrected chi connectivity index (χ3v) is 5.68. The van der Waals surface area contributed by atoms with E-state index in [4.69, 9.17) is 16.3 Å². The first kappa shape index (κ1) is 22.0. The highest BCUT2D eigenvalue weighted by Gasteiger charge is 2.18. The van der Waals surface area contributed by atoms with Crippen molar-refractivity contribution < 1.29 is 17.9 Å². The Labute approximate surface area is 171 Å². The van der Waals surface area contributed by atoms with Crippen LogP contribution in [0.4, 0.5) is 5.69 Å². The van der Waals surface area contributed by atoms with Crippen molar-refractivity contribution in [3.63, 3.8) is 0 Å². The van der Waals surface area contributed by atoms with Gasteiger partial charge in [-0.05, 0) is 49.2 Å². The number of nitrogens with one attached hydrogen (secondary N) is 1. The fourth-order valence-electron chi connectivity index (χ4n) is 2.79. The SMILES string of the molecule is COc1ccc([C@H](C)NC(=O)CCCN(c2cccc(Cl)c2)S(C)(=O)=O)cc1. The van der Waals surface area contributed by atoms with Crippen LogP contribution < -0.4 is 14.4 Å². The average Bonchev–Trinajstić information content (AvgIpc) is 2.64. The number of methoxy groups -OCH3 is 1. The van der Waals surface area contributed by atoms with Gasteiger partial charge in [-0.25, -0.2) is 8.42 Å². The molecule has 2 aromatic rings. The van der Waals surface area contributed by atoms with E-state index in [1.165, 1.54) is 4.31 Å². The van der Waals surface area contributed by atoms with Crippen LogP contribution in [0.25, 0.3) is 0 Å². The quantitative estimate of drug-likeness (QED) is 0.664. The molecule has 1 amide bonds. The van der Waals surface area contributed by atoms with Crippen LogP contribution in [0.2, 0.25) is 5.02 Å². The summed E-state index contributed by atoms with van der Waals surface area (Å²) in [4.78, 5) is 12.2. The predicted molar refractivity (Wildman–Crippen MR) is 112 cm³/mol. The van der Waals surface area contributed by atoms with Gasteiger partial charge in [-0.3, -0.25) is 9.10 Å². The molecule has 0 aliphatic rings. The minimum atomic E-state index is -3.47. The summed E-state index contributed by atoms with van der Waals surface area (Å²) in [6, 6.07) is 14.0. The highest BCUT2D eigenvalue weighted by atomic mass is 35.5. The number of carbonyl (C=O) groups is 1. The molecule has 28 heavy (non-hydrogen) atoms. The van der Waals surface area contributed by atoms with Crippen molar-refractivity contribution in [1.29, 1.82) is 0 Å². The monoisotopic (exact) mass is 424 g/mol. The minimum absolute atomic E-state index is 0.136. The summed E-state index contributed by atoms with van der Waals surface area (Å²) in [6.07, 6.45) is 1.74. The maximum Gasteiger partial charge on any atom is 0.232 e. The van der Waals surface area contributed by atoms with Crippen molar-refractivity contribution in [2.75, 3.05) is 24.2 Å². The molecule has 1 N–H and O–H groups in total. The molecule has 0 radical (unpaired) electrons. The topological polar surface area (TPSA) is 75.7 Å². The Morgan fingerprint density at radius 1 is 1.21 bits per heavy atom. The molecule has 152 valence electrons. The summed E-state index contributed by atoms with van der Waals surface area (Å²) in [6.45, 7) is 2.10. The van der Waals surface area contributed by atoms with Crippen molar-refractivity contribution in [1.82, 2.24) is 5.32 Å². The molecule has 2 rings (SSSR count). The normalized spacial score (nSPS) is 12.3. The van der Waals surface area contributed by atoms with Crippen LogP contribution in [0.15, 0.2) is 48.5 Å². The summed E-state index contributed by atoms with van der Waals surface area (Å²) in [5.74, 6) is 0.618. The van der Waals surface area contributed by atoms with Crippen LogP contribution in [0.1, 0.15) is 31.4 Å². The number of anilines is 1. The molecule has 0 unspecified atom stereocenters. The van der Waals surface area contributed by atoms with Gasteiger partial charge >= 0.3 is 0 Å². The second kappa shape index (κ2) is 9.80. The second-order valence-corrected chi connectivity index (χ2v) is 8.82. The molecule has 0 aliphatic carbocycles. The molecule has 0 fully saturated rings. The first-order valence-corrected chi connectivity index (χ1v) is 11.1. The smallest absolute Gasteiger partial charge is 0.232 e. The van der Waals surface area contributed by atoms with Gasteiger partial charge < -0.3 is 10.1 Å². The number of amides is 1. The van der Waals surface area contributed by atoms with Gasteiger partial charge in [-0.1, -0.05) is 29.8 Å². The van der Waals surface area contributed by atoms with Crippen molar-refractivity contribution in [3.05, 3.63) is 59.1 Å². The average molecular weight is 425 g/mol. The Hall–Kier alpha value is -2.25. The number of rotatable bonds is 9. The molecule has 1 atom stereocenters. The maximum atomic E-state index is 12.2. The highest BCUT2D eigenvalue weighted by molar-refractivity contribution is 7.92. The van der Waals surface area contributed by atoms with E-state index in [1.54, 1.807) is 31.4 Å². The molecule has 0 saturated carbocycles. The lowest BCUT2D eigenvalue weighted by atomic mass is 10.1. The lowest BCUT2D eigenvalue weighted by Crippen LogP contribution is -2.32. The van der Waals surface area contributed by atoms with Gasteiger partial charge in [0.15, 0.2) is 0 Å². The van der Waals surface area contributed by atoms with Gasteiger partial charge in [0.2, 0.25) is 15.9 Å². The number of nitrogens with zero attached hydrogens (tertiary/aromatic N) is 1. The van der Waals surface area contributed by atoms with E-state index in [2.05, 4.69) is 5.32 Å². The van der Waals surface area contributed by atoms with Gasteiger partial charge in [-0.2, -0.15) is 0 Å². The van der Waals surface area contributed by atoms with E-state index in [-0.39, 0.29) is 24.9 Å². The zero-order valence-corrected chi connectivity index (χ0v) is 17.8. The molecular formula is C20H25ClN2O4S. The molecule has 8 heteroatoms. The van der Waals surface area contributed by atoms with Crippen LogP contribution >= 0.6 is 11.6 Å². The van der Waals surface area contributed by atoms with E-state index >= 15 is 0 Å². The standard InChI is InChI=1S/C20H25ClN2O4S/c1-15(16-9-11-19(27-2)12-10-16)22-20(24)8-5-13-23(28(3,25)26)18-7-4-6-17(21)14-18/h4,6-7,9-12,14-15H,5,8,13H2,1-3H3,(H,22,24)/t15-/m0/s1. The van der Waals surface area contributed by atoms with E-state index < -0.39 is 10.0 Å². The van der Waals surface area contributed by atoms with E-state index in [1.807, 2.05) is 31.2 Å². The minimum Gasteiger partial charge on any atom is -0.497 e. The Morgan fingerprint density at radius 3 is 2.46 bits per heavy atom. The van der Waals surface area contributed by atoms with Crippen LogP contribution in [0.5, 0.6) is 5.75 Å². The van der Waals surface area contributed by atoms with E-state index in [9.17, 15) is 13.2 Å². The summed E-state index contributed by atoms with van der Waals surface area (Å²) in [5, 5.41) is 3.38. The maximum absolute atomic E-state index is 12.2. The first-order valence-electron chi connectivity index (χ1n) is 8.87. The molecule has 6 nitrogen and oxygen atoms in total. The van der Waals surface area contributed by atoms with Gasteiger partial charge in [-0.15, -0.1) is 0 Å². The first-order chi connectivity index (χ1) is 13.2. The number of hydrogen-bond donors (Lipinski definition) is 1. The Balaban J connectivity index is 1.91. The second-order valence-electron chi connectivity index (χ2n) is 6.48. The summed E-state index contributed by atoms with van der Waals surface area (Å²) >= 11 is 5.96. The Kier molecular flexibility index (Phi) is 7.71. The molecule has 0 aliphatic heterocycles. The van der Waals surface area contributed by atoms with Crippen LogP contribution in [-0.4, -0.2) is 34.2 Å². The summed E-state index contributed by atoms with van der Waals surface area (Å²) in [7, 11) is -1.87. The predicted octanol–water partition coefficient (Wildman–Crippen LogP) is 3.77. The number of sulfonamides is 1. The Morgan fingerprint density at radius 2 is 1.89 bits per heavy atom. The third kappa shape index (κ3) is 6.42. The lowest BCUT2D eigenvalue weighted by molar-refractivity contribution is -0.121. The fraction of sp³-hybridized carbons (Fsp3) is 0.350. The van der Waals surface area contributed by atoms with Gasteiger partial charge in [0.1, 0.15) is 5.75 Å². The molecule has 2 aromatic carbocycles. The van der Waals surface area contributed by atoms with Crippen LogP contribution in [0, 0.1) is 0 Å². The van der Waals surface area contributed by atoms with Crippen molar-refractivity contribution in [3.8, 4) is 5.75 Å².